The molecule has 0 radical (unpaired) electrons. The van der Waals surface area contributed by atoms with Crippen molar-refractivity contribution < 1.29 is 0 Å². The van der Waals surface area contributed by atoms with Crippen LogP contribution in [0.5, 0.6) is 0 Å². The van der Waals surface area contributed by atoms with E-state index in [0.29, 0.717) is 5.92 Å². The summed E-state index contributed by atoms with van der Waals surface area (Å²) in [5.41, 5.74) is 0.923. The molecule has 2 aromatic heterocycles. The number of aromatic nitrogens is 5. The Balaban J connectivity index is 1.79. The lowest BCUT2D eigenvalue weighted by Gasteiger charge is -2.21. The molecule has 3 heterocycles. The summed E-state index contributed by atoms with van der Waals surface area (Å²) in [6.07, 6.45) is 6.85. The van der Waals surface area contributed by atoms with E-state index in [2.05, 4.69) is 25.8 Å². The smallest absolute Gasteiger partial charge is 0.157 e. The van der Waals surface area contributed by atoms with Crippen molar-refractivity contribution in [1.29, 1.82) is 0 Å². The Morgan fingerprint density at radius 3 is 3.00 bits per heavy atom. The van der Waals surface area contributed by atoms with Crippen molar-refractivity contribution in [3.05, 3.63) is 30.4 Å². The average molecular weight is 244 g/mol. The van der Waals surface area contributed by atoms with Gasteiger partial charge in [-0.2, -0.15) is 4.68 Å². The summed E-state index contributed by atoms with van der Waals surface area (Å²) in [5, 5.41) is 15.3. The fourth-order valence-electron chi connectivity index (χ4n) is 2.36. The molecule has 0 saturated carbocycles. The second kappa shape index (κ2) is 5.22. The molecule has 1 saturated heterocycles. The van der Waals surface area contributed by atoms with E-state index in [-0.39, 0.29) is 0 Å². The quantitative estimate of drug-likeness (QED) is 0.856. The first-order valence-corrected chi connectivity index (χ1v) is 6.32. The maximum atomic E-state index is 4.14. The summed E-state index contributed by atoms with van der Waals surface area (Å²) in [4.78, 5) is 4.10. The summed E-state index contributed by atoms with van der Waals surface area (Å²) >= 11 is 0. The van der Waals surface area contributed by atoms with Crippen LogP contribution in [0.1, 0.15) is 18.7 Å². The SMILES string of the molecule is c1cncc(-n2nnnc2CC2CCNCC2)c1. The predicted molar refractivity (Wildman–Crippen MR) is 66.2 cm³/mol. The van der Waals surface area contributed by atoms with Crippen LogP contribution in [0, 0.1) is 5.92 Å². The molecule has 0 spiro atoms. The minimum absolute atomic E-state index is 0.674. The molecule has 0 aromatic carbocycles. The van der Waals surface area contributed by atoms with Gasteiger partial charge in [0.1, 0.15) is 0 Å². The van der Waals surface area contributed by atoms with Gasteiger partial charge in [-0.25, -0.2) is 0 Å². The van der Waals surface area contributed by atoms with Crippen molar-refractivity contribution in [2.45, 2.75) is 19.3 Å². The predicted octanol–water partition coefficient (Wildman–Crippen LogP) is 0.599. The van der Waals surface area contributed by atoms with Gasteiger partial charge in [0.2, 0.25) is 0 Å². The zero-order valence-corrected chi connectivity index (χ0v) is 10.2. The topological polar surface area (TPSA) is 68.5 Å². The van der Waals surface area contributed by atoms with E-state index in [1.54, 1.807) is 17.1 Å². The molecule has 0 amide bonds. The highest BCUT2D eigenvalue weighted by molar-refractivity contribution is 5.26. The normalized spacial score (nSPS) is 16.9. The molecule has 0 unspecified atom stereocenters. The Kier molecular flexibility index (Phi) is 3.27. The first-order valence-electron chi connectivity index (χ1n) is 6.32. The van der Waals surface area contributed by atoms with Crippen LogP contribution in [0.25, 0.3) is 5.69 Å². The number of hydrogen-bond donors (Lipinski definition) is 1. The van der Waals surface area contributed by atoms with Crippen LogP contribution < -0.4 is 5.32 Å². The van der Waals surface area contributed by atoms with E-state index in [9.17, 15) is 0 Å². The van der Waals surface area contributed by atoms with Crippen LogP contribution in [-0.2, 0) is 6.42 Å². The zero-order valence-electron chi connectivity index (χ0n) is 10.2. The van der Waals surface area contributed by atoms with Crippen LogP contribution in [0.2, 0.25) is 0 Å². The minimum atomic E-state index is 0.674. The highest BCUT2D eigenvalue weighted by Gasteiger charge is 2.17. The minimum Gasteiger partial charge on any atom is -0.317 e. The van der Waals surface area contributed by atoms with Gasteiger partial charge < -0.3 is 5.32 Å². The summed E-state index contributed by atoms with van der Waals surface area (Å²) in [6, 6.07) is 3.86. The lowest BCUT2D eigenvalue weighted by Crippen LogP contribution is -2.29. The van der Waals surface area contributed by atoms with Crippen molar-refractivity contribution in [1.82, 2.24) is 30.5 Å². The molecule has 1 aliphatic heterocycles. The molecule has 6 heteroatoms. The standard InChI is InChI=1S/C12H16N6/c1-2-11(9-14-5-1)18-12(15-16-17-18)8-10-3-6-13-7-4-10/h1-2,5,9-10,13H,3-4,6-8H2. The molecule has 18 heavy (non-hydrogen) atoms. The van der Waals surface area contributed by atoms with Crippen LogP contribution >= 0.6 is 0 Å². The fraction of sp³-hybridized carbons (Fsp3) is 0.500. The number of nitrogens with one attached hydrogen (secondary N) is 1. The number of piperidine rings is 1. The lowest BCUT2D eigenvalue weighted by atomic mass is 9.94. The van der Waals surface area contributed by atoms with Crippen LogP contribution in [-0.4, -0.2) is 38.3 Å². The Hall–Kier alpha value is -1.82. The van der Waals surface area contributed by atoms with Gasteiger partial charge >= 0.3 is 0 Å². The Bertz CT molecular complexity index is 488. The van der Waals surface area contributed by atoms with Crippen molar-refractivity contribution in [2.75, 3.05) is 13.1 Å². The fourth-order valence-corrected chi connectivity index (χ4v) is 2.36. The molecular weight excluding hydrogens is 228 g/mol. The second-order valence-corrected chi connectivity index (χ2v) is 4.62. The van der Waals surface area contributed by atoms with E-state index < -0.39 is 0 Å². The van der Waals surface area contributed by atoms with Gasteiger partial charge in [0.15, 0.2) is 5.82 Å². The molecule has 1 fully saturated rings. The Morgan fingerprint density at radius 2 is 2.22 bits per heavy atom. The zero-order chi connectivity index (χ0) is 12.2. The van der Waals surface area contributed by atoms with E-state index in [4.69, 9.17) is 0 Å². The van der Waals surface area contributed by atoms with Gasteiger partial charge in [-0.05, 0) is 54.4 Å². The number of hydrogen-bond acceptors (Lipinski definition) is 5. The van der Waals surface area contributed by atoms with Gasteiger partial charge in [-0.1, -0.05) is 0 Å². The molecule has 6 nitrogen and oxygen atoms in total. The van der Waals surface area contributed by atoms with E-state index in [1.807, 2.05) is 12.1 Å². The number of rotatable bonds is 3. The Labute approximate surface area is 105 Å². The average Bonchev–Trinajstić information content (AvgIpc) is 2.89. The van der Waals surface area contributed by atoms with Crippen molar-refractivity contribution in [3.63, 3.8) is 0 Å². The molecule has 2 aromatic rings. The highest BCUT2D eigenvalue weighted by atomic mass is 15.5. The number of pyridine rings is 1. The van der Waals surface area contributed by atoms with E-state index >= 15 is 0 Å². The van der Waals surface area contributed by atoms with Crippen molar-refractivity contribution in [2.24, 2.45) is 5.92 Å². The molecule has 3 rings (SSSR count). The van der Waals surface area contributed by atoms with Crippen molar-refractivity contribution >= 4 is 0 Å². The number of tetrazole rings is 1. The van der Waals surface area contributed by atoms with Crippen LogP contribution in [0.3, 0.4) is 0 Å². The first-order chi connectivity index (χ1) is 8.93. The molecule has 94 valence electrons. The van der Waals surface area contributed by atoms with Gasteiger partial charge in [-0.15, -0.1) is 5.10 Å². The summed E-state index contributed by atoms with van der Waals surface area (Å²) in [7, 11) is 0. The molecule has 1 N–H and O–H groups in total. The largest absolute Gasteiger partial charge is 0.317 e. The van der Waals surface area contributed by atoms with Gasteiger partial charge in [0.05, 0.1) is 11.9 Å². The van der Waals surface area contributed by atoms with Gasteiger partial charge in [0, 0.05) is 12.6 Å². The summed E-state index contributed by atoms with van der Waals surface area (Å²) in [5.74, 6) is 1.60. The van der Waals surface area contributed by atoms with Crippen molar-refractivity contribution in [3.8, 4) is 5.69 Å². The van der Waals surface area contributed by atoms with Crippen LogP contribution in [0.4, 0.5) is 0 Å². The maximum absolute atomic E-state index is 4.14. The van der Waals surface area contributed by atoms with E-state index in [0.717, 1.165) is 31.0 Å². The van der Waals surface area contributed by atoms with E-state index in [1.165, 1.54) is 12.8 Å². The number of nitrogens with zero attached hydrogens (tertiary/aromatic N) is 5. The molecular formula is C12H16N6. The summed E-state index contributed by atoms with van der Waals surface area (Å²) in [6.45, 7) is 2.19. The summed E-state index contributed by atoms with van der Waals surface area (Å²) < 4.78 is 1.79. The van der Waals surface area contributed by atoms with Gasteiger partial charge in [-0.3, -0.25) is 4.98 Å². The third kappa shape index (κ3) is 2.38. The third-order valence-electron chi connectivity index (χ3n) is 3.35. The first kappa shape index (κ1) is 11.3. The maximum Gasteiger partial charge on any atom is 0.157 e. The van der Waals surface area contributed by atoms with Crippen LogP contribution in [0.15, 0.2) is 24.5 Å². The monoisotopic (exact) mass is 244 g/mol. The molecule has 0 atom stereocenters. The molecule has 0 bridgehead atoms. The third-order valence-corrected chi connectivity index (χ3v) is 3.35. The highest BCUT2D eigenvalue weighted by Crippen LogP contribution is 2.17. The Morgan fingerprint density at radius 1 is 1.33 bits per heavy atom. The van der Waals surface area contributed by atoms with Gasteiger partial charge in [0.25, 0.3) is 0 Å². The lowest BCUT2D eigenvalue weighted by molar-refractivity contribution is 0.365. The molecule has 1 aliphatic rings. The molecule has 0 aliphatic carbocycles. The second-order valence-electron chi connectivity index (χ2n) is 4.62.